The Morgan fingerprint density at radius 3 is 2.11 bits per heavy atom. The number of piperidine rings is 1. The highest BCUT2D eigenvalue weighted by atomic mass is 16.3. The summed E-state index contributed by atoms with van der Waals surface area (Å²) in [6, 6.07) is 0. The van der Waals surface area contributed by atoms with Crippen LogP contribution in [-0.2, 0) is 0 Å². The normalized spacial score (nSPS) is 37.7. The van der Waals surface area contributed by atoms with Gasteiger partial charge in [0.15, 0.2) is 0 Å². The lowest BCUT2D eigenvalue weighted by Crippen LogP contribution is -2.50. The minimum atomic E-state index is -0.354. The second-order valence-electron chi connectivity index (χ2n) is 7.06. The van der Waals surface area contributed by atoms with Crippen molar-refractivity contribution in [1.29, 1.82) is 0 Å². The number of aliphatic hydroxyl groups is 1. The molecule has 0 aromatic heterocycles. The average molecular weight is 253 g/mol. The van der Waals surface area contributed by atoms with Gasteiger partial charge in [-0.3, -0.25) is 0 Å². The van der Waals surface area contributed by atoms with Crippen LogP contribution < -0.4 is 0 Å². The van der Waals surface area contributed by atoms with E-state index < -0.39 is 0 Å². The zero-order chi connectivity index (χ0) is 13.2. The van der Waals surface area contributed by atoms with Crippen molar-refractivity contribution in [2.75, 3.05) is 19.6 Å². The third-order valence-corrected chi connectivity index (χ3v) is 5.20. The zero-order valence-electron chi connectivity index (χ0n) is 12.5. The molecule has 2 atom stereocenters. The fourth-order valence-corrected chi connectivity index (χ4v) is 4.27. The van der Waals surface area contributed by atoms with Crippen LogP contribution in [0.2, 0.25) is 0 Å². The molecule has 2 nitrogen and oxygen atoms in total. The molecule has 18 heavy (non-hydrogen) atoms. The third-order valence-electron chi connectivity index (χ3n) is 5.20. The molecule has 0 amide bonds. The molecule has 1 aliphatic heterocycles. The molecule has 2 fully saturated rings. The van der Waals surface area contributed by atoms with Crippen molar-refractivity contribution in [3.05, 3.63) is 0 Å². The Morgan fingerprint density at radius 1 is 1.06 bits per heavy atom. The summed E-state index contributed by atoms with van der Waals surface area (Å²) in [6.45, 7) is 10.4. The summed E-state index contributed by atoms with van der Waals surface area (Å²) in [5.41, 5.74) is -0.354. The molecule has 1 saturated carbocycles. The SMILES string of the molecule is CCCN1CCC(O)(C2CC(C)CC(C)C2)CC1. The Morgan fingerprint density at radius 2 is 1.61 bits per heavy atom. The predicted molar refractivity (Wildman–Crippen MR) is 76.6 cm³/mol. The van der Waals surface area contributed by atoms with E-state index in [0.29, 0.717) is 5.92 Å². The third kappa shape index (κ3) is 3.27. The first kappa shape index (κ1) is 14.3. The highest BCUT2D eigenvalue weighted by molar-refractivity contribution is 4.94. The summed E-state index contributed by atoms with van der Waals surface area (Å²) in [5.74, 6) is 2.16. The van der Waals surface area contributed by atoms with E-state index in [2.05, 4.69) is 25.7 Å². The van der Waals surface area contributed by atoms with Crippen molar-refractivity contribution in [3.8, 4) is 0 Å². The Balaban J connectivity index is 1.91. The van der Waals surface area contributed by atoms with Gasteiger partial charge < -0.3 is 10.0 Å². The highest BCUT2D eigenvalue weighted by Crippen LogP contribution is 2.42. The minimum Gasteiger partial charge on any atom is -0.390 e. The van der Waals surface area contributed by atoms with Gasteiger partial charge in [0.25, 0.3) is 0 Å². The molecule has 1 aliphatic carbocycles. The Bertz CT molecular complexity index is 248. The summed E-state index contributed by atoms with van der Waals surface area (Å²) in [4.78, 5) is 2.52. The minimum absolute atomic E-state index is 0.354. The first-order chi connectivity index (χ1) is 8.53. The lowest BCUT2D eigenvalue weighted by atomic mass is 9.67. The molecule has 1 saturated heterocycles. The van der Waals surface area contributed by atoms with Crippen LogP contribution in [0.3, 0.4) is 0 Å². The number of likely N-dealkylation sites (tertiary alicyclic amines) is 1. The Labute approximate surface area is 113 Å². The summed E-state index contributed by atoms with van der Waals surface area (Å²) in [6.07, 6.45) is 7.07. The van der Waals surface area contributed by atoms with Gasteiger partial charge in [-0.1, -0.05) is 20.8 Å². The molecule has 2 aliphatic rings. The van der Waals surface area contributed by atoms with E-state index in [1.165, 1.54) is 32.2 Å². The van der Waals surface area contributed by atoms with Crippen molar-refractivity contribution in [2.45, 2.75) is 64.9 Å². The van der Waals surface area contributed by atoms with Crippen LogP contribution in [0.15, 0.2) is 0 Å². The van der Waals surface area contributed by atoms with Crippen LogP contribution in [-0.4, -0.2) is 35.2 Å². The number of rotatable bonds is 3. The second-order valence-corrected chi connectivity index (χ2v) is 7.06. The van der Waals surface area contributed by atoms with Gasteiger partial charge in [-0.2, -0.15) is 0 Å². The van der Waals surface area contributed by atoms with Crippen molar-refractivity contribution in [1.82, 2.24) is 4.90 Å². The van der Waals surface area contributed by atoms with Crippen LogP contribution in [0.5, 0.6) is 0 Å². The molecule has 0 aromatic carbocycles. The summed E-state index contributed by atoms with van der Waals surface area (Å²) in [7, 11) is 0. The van der Waals surface area contributed by atoms with Crippen molar-refractivity contribution < 1.29 is 5.11 Å². The second kappa shape index (κ2) is 5.92. The first-order valence-corrected chi connectivity index (χ1v) is 7.98. The van der Waals surface area contributed by atoms with Crippen molar-refractivity contribution >= 4 is 0 Å². The maximum atomic E-state index is 11.0. The number of hydrogen-bond donors (Lipinski definition) is 1. The topological polar surface area (TPSA) is 23.5 Å². The summed E-state index contributed by atoms with van der Waals surface area (Å²) in [5, 5.41) is 11.0. The maximum absolute atomic E-state index is 11.0. The number of hydrogen-bond acceptors (Lipinski definition) is 2. The monoisotopic (exact) mass is 253 g/mol. The molecule has 1 heterocycles. The standard InChI is InChI=1S/C16H31NO/c1-4-7-17-8-5-16(18,6-9-17)15-11-13(2)10-14(3)12-15/h13-15,18H,4-12H2,1-3H3. The van der Waals surface area contributed by atoms with Gasteiger partial charge in [-0.15, -0.1) is 0 Å². The Hall–Kier alpha value is -0.0800. The number of nitrogens with zero attached hydrogens (tertiary/aromatic N) is 1. The van der Waals surface area contributed by atoms with Crippen LogP contribution in [0.25, 0.3) is 0 Å². The molecule has 0 radical (unpaired) electrons. The molecule has 1 N–H and O–H groups in total. The Kier molecular flexibility index (Phi) is 4.71. The van der Waals surface area contributed by atoms with Gasteiger partial charge >= 0.3 is 0 Å². The first-order valence-electron chi connectivity index (χ1n) is 7.98. The van der Waals surface area contributed by atoms with Crippen LogP contribution >= 0.6 is 0 Å². The van der Waals surface area contributed by atoms with Gasteiger partial charge in [-0.05, 0) is 62.8 Å². The van der Waals surface area contributed by atoms with E-state index in [4.69, 9.17) is 0 Å². The highest BCUT2D eigenvalue weighted by Gasteiger charge is 2.42. The zero-order valence-corrected chi connectivity index (χ0v) is 12.5. The molecule has 2 heteroatoms. The summed E-state index contributed by atoms with van der Waals surface area (Å²) < 4.78 is 0. The fraction of sp³-hybridized carbons (Fsp3) is 1.00. The van der Waals surface area contributed by atoms with Gasteiger partial charge in [0.1, 0.15) is 0 Å². The summed E-state index contributed by atoms with van der Waals surface area (Å²) >= 11 is 0. The molecule has 106 valence electrons. The smallest absolute Gasteiger partial charge is 0.0700 e. The average Bonchev–Trinajstić information content (AvgIpc) is 2.31. The van der Waals surface area contributed by atoms with E-state index in [1.807, 2.05) is 0 Å². The van der Waals surface area contributed by atoms with Crippen molar-refractivity contribution in [2.24, 2.45) is 17.8 Å². The molecular formula is C16H31NO. The van der Waals surface area contributed by atoms with Gasteiger partial charge in [0.2, 0.25) is 0 Å². The molecule has 0 bridgehead atoms. The van der Waals surface area contributed by atoms with E-state index >= 15 is 0 Å². The van der Waals surface area contributed by atoms with E-state index in [-0.39, 0.29) is 5.60 Å². The van der Waals surface area contributed by atoms with Gasteiger partial charge in [0, 0.05) is 13.1 Å². The van der Waals surface area contributed by atoms with Gasteiger partial charge in [0.05, 0.1) is 5.60 Å². The lowest BCUT2D eigenvalue weighted by Gasteiger charge is -2.46. The van der Waals surface area contributed by atoms with Crippen molar-refractivity contribution in [3.63, 3.8) is 0 Å². The molecule has 0 spiro atoms. The molecular weight excluding hydrogens is 222 g/mol. The lowest BCUT2D eigenvalue weighted by molar-refractivity contribution is -0.0881. The fourth-order valence-electron chi connectivity index (χ4n) is 4.27. The largest absolute Gasteiger partial charge is 0.390 e. The quantitative estimate of drug-likeness (QED) is 0.834. The molecule has 0 aromatic rings. The molecule has 2 rings (SSSR count). The van der Waals surface area contributed by atoms with Crippen LogP contribution in [0.1, 0.15) is 59.3 Å². The van der Waals surface area contributed by atoms with E-state index in [1.54, 1.807) is 0 Å². The maximum Gasteiger partial charge on any atom is 0.0700 e. The van der Waals surface area contributed by atoms with Crippen LogP contribution in [0, 0.1) is 17.8 Å². The van der Waals surface area contributed by atoms with E-state index in [0.717, 1.165) is 37.8 Å². The van der Waals surface area contributed by atoms with Crippen LogP contribution in [0.4, 0.5) is 0 Å². The predicted octanol–water partition coefficient (Wildman–Crippen LogP) is 3.30. The van der Waals surface area contributed by atoms with Gasteiger partial charge in [-0.25, -0.2) is 0 Å². The molecule has 2 unspecified atom stereocenters. The van der Waals surface area contributed by atoms with E-state index in [9.17, 15) is 5.11 Å².